The summed E-state index contributed by atoms with van der Waals surface area (Å²) >= 11 is 0. The van der Waals surface area contributed by atoms with Crippen molar-refractivity contribution in [3.05, 3.63) is 70.8 Å². The van der Waals surface area contributed by atoms with E-state index in [9.17, 15) is 0 Å². The molecule has 0 spiro atoms. The van der Waals surface area contributed by atoms with E-state index in [2.05, 4.69) is 62.3 Å². The zero-order valence-electron chi connectivity index (χ0n) is 21.2. The van der Waals surface area contributed by atoms with E-state index in [-0.39, 0.29) is 0 Å². The minimum absolute atomic E-state index is 0.595. The van der Waals surface area contributed by atoms with Crippen molar-refractivity contribution < 1.29 is 14.3 Å². The molecule has 180 valence electrons. The molecular weight excluding hydrogens is 410 g/mol. The predicted octanol–water partition coefficient (Wildman–Crippen LogP) is 7.59. The first-order valence-corrected chi connectivity index (χ1v) is 12.3. The molecule has 0 heterocycles. The van der Waals surface area contributed by atoms with Gasteiger partial charge in [-0.2, -0.15) is 0 Å². The Morgan fingerprint density at radius 1 is 0.970 bits per heavy atom. The van der Waals surface area contributed by atoms with E-state index in [0.29, 0.717) is 6.61 Å². The van der Waals surface area contributed by atoms with Gasteiger partial charge in [-0.25, -0.2) is 0 Å². The van der Waals surface area contributed by atoms with Crippen LogP contribution in [0.5, 0.6) is 11.5 Å². The molecule has 0 bridgehead atoms. The number of nitrogens with zero attached hydrogens (tertiary/aromatic N) is 1. The number of unbranched alkanes of at least 4 members (excludes halogenated alkanes) is 3. The first kappa shape index (κ1) is 26.5. The molecule has 0 amide bonds. The molecule has 33 heavy (non-hydrogen) atoms. The third kappa shape index (κ3) is 9.33. The monoisotopic (exact) mass is 451 g/mol. The highest BCUT2D eigenvalue weighted by atomic mass is 16.6. The molecule has 0 aliphatic rings. The first-order chi connectivity index (χ1) is 16.1. The number of rotatable bonds is 15. The highest BCUT2D eigenvalue weighted by Crippen LogP contribution is 2.28. The summed E-state index contributed by atoms with van der Waals surface area (Å²) in [5.74, 6) is 1.88. The maximum absolute atomic E-state index is 6.12. The van der Waals surface area contributed by atoms with Crippen LogP contribution < -0.4 is 9.47 Å². The van der Waals surface area contributed by atoms with Gasteiger partial charge in [0, 0.05) is 0 Å². The average molecular weight is 452 g/mol. The second-order valence-corrected chi connectivity index (χ2v) is 8.45. The first-order valence-electron chi connectivity index (χ1n) is 12.3. The summed E-state index contributed by atoms with van der Waals surface area (Å²) in [5.41, 5.74) is 5.82. The van der Waals surface area contributed by atoms with Crippen LogP contribution in [0.25, 0.3) is 0 Å². The van der Waals surface area contributed by atoms with E-state index in [0.717, 1.165) is 79.9 Å². The van der Waals surface area contributed by atoms with Gasteiger partial charge in [-0.1, -0.05) is 48.9 Å². The van der Waals surface area contributed by atoms with Crippen LogP contribution in [-0.2, 0) is 11.3 Å². The van der Waals surface area contributed by atoms with Crippen molar-refractivity contribution in [2.45, 2.75) is 72.6 Å². The number of benzene rings is 2. The minimum atomic E-state index is 0.595. The van der Waals surface area contributed by atoms with Crippen LogP contribution in [0.1, 0.15) is 74.6 Å². The fourth-order valence-electron chi connectivity index (χ4n) is 3.85. The van der Waals surface area contributed by atoms with Crippen molar-refractivity contribution in [3.8, 4) is 11.5 Å². The van der Waals surface area contributed by atoms with Gasteiger partial charge in [0.25, 0.3) is 0 Å². The molecule has 2 aromatic rings. The number of allylic oxidation sites excluding steroid dienone is 1. The Morgan fingerprint density at radius 2 is 1.76 bits per heavy atom. The molecular formula is C29H41NO3. The van der Waals surface area contributed by atoms with Crippen LogP contribution in [0.15, 0.2) is 53.7 Å². The zero-order chi connectivity index (χ0) is 23.9. The van der Waals surface area contributed by atoms with Gasteiger partial charge in [0.1, 0.15) is 25.2 Å². The molecule has 0 aliphatic heterocycles. The van der Waals surface area contributed by atoms with Crippen molar-refractivity contribution in [1.82, 2.24) is 0 Å². The van der Waals surface area contributed by atoms with Crippen LogP contribution in [-0.4, -0.2) is 26.0 Å². The number of hydrogen-bond donors (Lipinski definition) is 0. The summed E-state index contributed by atoms with van der Waals surface area (Å²) in [5, 5.41) is 4.25. The van der Waals surface area contributed by atoms with Gasteiger partial charge in [-0.05, 0) is 99.7 Å². The van der Waals surface area contributed by atoms with Crippen LogP contribution >= 0.6 is 0 Å². The topological polar surface area (TPSA) is 40.0 Å². The van der Waals surface area contributed by atoms with E-state index in [4.69, 9.17) is 14.3 Å². The van der Waals surface area contributed by atoms with Crippen LogP contribution in [0.3, 0.4) is 0 Å². The zero-order valence-corrected chi connectivity index (χ0v) is 21.2. The Hall–Kier alpha value is -2.75. The molecule has 0 N–H and O–H groups in total. The summed E-state index contributed by atoms with van der Waals surface area (Å²) in [4.78, 5) is 5.07. The maximum atomic E-state index is 6.12. The highest BCUT2D eigenvalue weighted by Gasteiger charge is 2.08. The van der Waals surface area contributed by atoms with Crippen molar-refractivity contribution in [2.75, 3.05) is 20.3 Å². The molecule has 0 fully saturated rings. The fraction of sp³-hybridized carbons (Fsp3) is 0.483. The van der Waals surface area contributed by atoms with Gasteiger partial charge in [-0.3, -0.25) is 0 Å². The second kappa shape index (κ2) is 15.2. The van der Waals surface area contributed by atoms with E-state index >= 15 is 0 Å². The molecule has 0 saturated carbocycles. The Morgan fingerprint density at radius 3 is 2.45 bits per heavy atom. The van der Waals surface area contributed by atoms with Gasteiger partial charge in [0.15, 0.2) is 0 Å². The third-order valence-electron chi connectivity index (χ3n) is 5.60. The van der Waals surface area contributed by atoms with E-state index in [1.54, 1.807) is 7.11 Å². The molecule has 0 aliphatic carbocycles. The number of oxime groups is 1. The molecule has 2 rings (SSSR count). The Kier molecular flexibility index (Phi) is 12.2. The lowest BCUT2D eigenvalue weighted by Crippen LogP contribution is -2.03. The van der Waals surface area contributed by atoms with Gasteiger partial charge < -0.3 is 14.3 Å². The Balaban J connectivity index is 1.78. The van der Waals surface area contributed by atoms with Crippen molar-refractivity contribution in [3.63, 3.8) is 0 Å². The fourth-order valence-corrected chi connectivity index (χ4v) is 3.85. The van der Waals surface area contributed by atoms with Crippen molar-refractivity contribution in [2.24, 2.45) is 5.16 Å². The normalized spacial score (nSPS) is 11.7. The molecule has 0 unspecified atom stereocenters. The predicted molar refractivity (Wildman–Crippen MR) is 139 cm³/mol. The number of ether oxygens (including phenoxy) is 2. The van der Waals surface area contributed by atoms with E-state index in [1.165, 1.54) is 11.1 Å². The second-order valence-electron chi connectivity index (χ2n) is 8.45. The Bertz CT molecular complexity index is 878. The van der Waals surface area contributed by atoms with Crippen molar-refractivity contribution in [1.29, 1.82) is 0 Å². The van der Waals surface area contributed by atoms with Crippen LogP contribution in [0, 0.1) is 13.8 Å². The Labute approximate surface area is 200 Å². The standard InChI is InChI=1S/C29H41NO3/c1-6-8-17-28(30-31-5)26-16-13-15-25(22-26)14-11-10-12-19-33-29-23(3)20-27(21-24(29)4)32-18-9-7-2/h7,9,13,15-16,20-22H,6,8,10-12,14,17-19H2,1-5H3/b9-7+,30-28+. The van der Waals surface area contributed by atoms with Crippen molar-refractivity contribution >= 4 is 5.71 Å². The third-order valence-corrected chi connectivity index (χ3v) is 5.60. The lowest BCUT2D eigenvalue weighted by atomic mass is 10.00. The minimum Gasteiger partial charge on any atom is -0.493 e. The highest BCUT2D eigenvalue weighted by molar-refractivity contribution is 6.00. The SMILES string of the molecule is C/C=C/COc1cc(C)c(OCCCCCc2cccc(/C(CCCC)=N/OC)c2)c(C)c1. The molecule has 0 atom stereocenters. The average Bonchev–Trinajstić information content (AvgIpc) is 2.80. The van der Waals surface area contributed by atoms with Crippen LogP contribution in [0.4, 0.5) is 0 Å². The van der Waals surface area contributed by atoms with Gasteiger partial charge in [-0.15, -0.1) is 0 Å². The lowest BCUT2D eigenvalue weighted by molar-refractivity contribution is 0.212. The van der Waals surface area contributed by atoms with E-state index in [1.807, 2.05) is 19.1 Å². The summed E-state index contributed by atoms with van der Waals surface area (Å²) in [6.45, 7) is 9.69. The van der Waals surface area contributed by atoms with Crippen LogP contribution in [0.2, 0.25) is 0 Å². The molecule has 4 nitrogen and oxygen atoms in total. The van der Waals surface area contributed by atoms with Gasteiger partial charge >= 0.3 is 0 Å². The summed E-state index contributed by atoms with van der Waals surface area (Å²) < 4.78 is 11.9. The number of aryl methyl sites for hydroxylation is 3. The lowest BCUT2D eigenvalue weighted by Gasteiger charge is -2.14. The molecule has 0 radical (unpaired) electrons. The summed E-state index contributed by atoms with van der Waals surface area (Å²) in [6, 6.07) is 12.8. The quantitative estimate of drug-likeness (QED) is 0.121. The number of hydrogen-bond acceptors (Lipinski definition) is 4. The molecule has 0 aromatic heterocycles. The largest absolute Gasteiger partial charge is 0.493 e. The van der Waals surface area contributed by atoms with E-state index < -0.39 is 0 Å². The van der Waals surface area contributed by atoms with Gasteiger partial charge in [0.2, 0.25) is 0 Å². The summed E-state index contributed by atoms with van der Waals surface area (Å²) in [7, 11) is 1.62. The molecule has 2 aromatic carbocycles. The molecule has 4 heteroatoms. The molecule has 0 saturated heterocycles. The van der Waals surface area contributed by atoms with Gasteiger partial charge in [0.05, 0.1) is 12.3 Å². The smallest absolute Gasteiger partial charge is 0.125 e. The maximum Gasteiger partial charge on any atom is 0.125 e. The summed E-state index contributed by atoms with van der Waals surface area (Å²) in [6.07, 6.45) is 11.6.